The molecule has 0 aliphatic rings. The van der Waals surface area contributed by atoms with E-state index in [1.165, 1.54) is 12.1 Å². The zero-order valence-electron chi connectivity index (χ0n) is 4.81. The molecule has 10 heavy (non-hydrogen) atoms. The van der Waals surface area contributed by atoms with Crippen molar-refractivity contribution in [3.63, 3.8) is 0 Å². The van der Waals surface area contributed by atoms with Crippen LogP contribution in [0.2, 0.25) is 5.02 Å². The number of rotatable bonds is 0. The van der Waals surface area contributed by atoms with Crippen molar-refractivity contribution in [3.8, 4) is 11.5 Å². The lowest BCUT2D eigenvalue weighted by Crippen LogP contribution is -1.71. The molecule has 0 aliphatic carbocycles. The first-order valence-electron chi connectivity index (χ1n) is 2.49. The third-order valence-electron chi connectivity index (χ3n) is 1.05. The summed E-state index contributed by atoms with van der Waals surface area (Å²) in [5.74, 6) is -0.413. The van der Waals surface area contributed by atoms with E-state index in [9.17, 15) is 0 Å². The van der Waals surface area contributed by atoms with E-state index in [1.807, 2.05) is 0 Å². The van der Waals surface area contributed by atoms with Gasteiger partial charge >= 0.3 is 0 Å². The van der Waals surface area contributed by atoms with E-state index >= 15 is 0 Å². The Morgan fingerprint density at radius 3 is 2.40 bits per heavy atom. The fraction of sp³-hybridized carbons (Fsp3) is 0. The molecule has 1 aromatic rings. The van der Waals surface area contributed by atoms with Crippen LogP contribution in [0, 0.1) is 0 Å². The van der Waals surface area contributed by atoms with Crippen LogP contribution in [0.4, 0.5) is 0 Å². The van der Waals surface area contributed by atoms with Gasteiger partial charge in [0.2, 0.25) is 0 Å². The Morgan fingerprint density at radius 1 is 1.30 bits per heavy atom. The number of phenols is 2. The van der Waals surface area contributed by atoms with Gasteiger partial charge in [0.1, 0.15) is 0 Å². The summed E-state index contributed by atoms with van der Waals surface area (Å²) in [4.78, 5) is 0. The minimum absolute atomic E-state index is 0.184. The number of hydrogen-bond donors (Lipinski definition) is 2. The Labute approximate surface area is 71.2 Å². The molecular formula is C6H4BrClO2. The lowest BCUT2D eigenvalue weighted by atomic mass is 10.3. The molecule has 0 radical (unpaired) electrons. The summed E-state index contributed by atoms with van der Waals surface area (Å²) in [5.41, 5.74) is 0. The van der Waals surface area contributed by atoms with Gasteiger partial charge in [-0.1, -0.05) is 11.6 Å². The number of phenolic OH excluding ortho intramolecular Hbond substituents is 2. The molecule has 4 heteroatoms. The second-order valence-corrected chi connectivity index (χ2v) is 2.93. The van der Waals surface area contributed by atoms with Crippen molar-refractivity contribution in [2.45, 2.75) is 0 Å². The molecule has 1 aromatic carbocycles. The molecular weight excluding hydrogens is 219 g/mol. The molecule has 0 saturated carbocycles. The Kier molecular flexibility index (Phi) is 2.06. The Hall–Kier alpha value is -0.410. The highest BCUT2D eigenvalue weighted by molar-refractivity contribution is 9.10. The third kappa shape index (κ3) is 1.20. The number of benzene rings is 1. The Morgan fingerprint density at radius 2 is 1.90 bits per heavy atom. The van der Waals surface area contributed by atoms with Gasteiger partial charge in [0.05, 0.1) is 9.50 Å². The van der Waals surface area contributed by atoms with Crippen LogP contribution in [-0.4, -0.2) is 10.2 Å². The van der Waals surface area contributed by atoms with Crippen molar-refractivity contribution in [2.75, 3.05) is 0 Å². The maximum Gasteiger partial charge on any atom is 0.173 e. The van der Waals surface area contributed by atoms with Crippen LogP contribution in [0.5, 0.6) is 11.5 Å². The van der Waals surface area contributed by atoms with Crippen LogP contribution >= 0.6 is 27.5 Å². The van der Waals surface area contributed by atoms with Crippen molar-refractivity contribution in [2.24, 2.45) is 0 Å². The highest BCUT2D eigenvalue weighted by Crippen LogP contribution is 2.37. The van der Waals surface area contributed by atoms with Gasteiger partial charge in [-0.2, -0.15) is 0 Å². The van der Waals surface area contributed by atoms with Gasteiger partial charge in [0.15, 0.2) is 11.5 Å². The van der Waals surface area contributed by atoms with Crippen LogP contribution < -0.4 is 0 Å². The number of hydrogen-bond acceptors (Lipinski definition) is 2. The molecule has 0 fully saturated rings. The second-order valence-electron chi connectivity index (χ2n) is 1.73. The van der Waals surface area contributed by atoms with Crippen molar-refractivity contribution >= 4 is 27.5 Å². The maximum absolute atomic E-state index is 9.01. The van der Waals surface area contributed by atoms with Crippen LogP contribution in [0.25, 0.3) is 0 Å². The lowest BCUT2D eigenvalue weighted by Gasteiger charge is -2.00. The molecule has 0 unspecified atom stereocenters. The molecule has 54 valence electrons. The summed E-state index contributed by atoms with van der Waals surface area (Å²) >= 11 is 8.56. The first-order valence-corrected chi connectivity index (χ1v) is 3.66. The summed E-state index contributed by atoms with van der Waals surface area (Å²) in [6.45, 7) is 0. The number of aromatic hydroxyl groups is 2. The van der Waals surface area contributed by atoms with E-state index < -0.39 is 0 Å². The molecule has 0 bridgehead atoms. The van der Waals surface area contributed by atoms with Crippen LogP contribution in [0.15, 0.2) is 16.6 Å². The maximum atomic E-state index is 9.01. The fourth-order valence-corrected chi connectivity index (χ4v) is 1.02. The highest BCUT2D eigenvalue weighted by atomic mass is 79.9. The zero-order valence-corrected chi connectivity index (χ0v) is 7.15. The molecule has 0 heterocycles. The lowest BCUT2D eigenvalue weighted by molar-refractivity contribution is 0.401. The Bertz CT molecular complexity index is 235. The van der Waals surface area contributed by atoms with Crippen molar-refractivity contribution in [3.05, 3.63) is 21.6 Å². The van der Waals surface area contributed by atoms with Crippen molar-refractivity contribution in [1.29, 1.82) is 0 Å². The predicted molar refractivity (Wildman–Crippen MR) is 42.5 cm³/mol. The third-order valence-corrected chi connectivity index (χ3v) is 2.39. The molecule has 0 aromatic heterocycles. The topological polar surface area (TPSA) is 40.5 Å². The highest BCUT2D eigenvalue weighted by Gasteiger charge is 2.06. The second kappa shape index (κ2) is 2.68. The zero-order chi connectivity index (χ0) is 7.72. The van der Waals surface area contributed by atoms with Gasteiger partial charge in [0, 0.05) is 0 Å². The largest absolute Gasteiger partial charge is 0.504 e. The molecule has 0 saturated heterocycles. The molecule has 2 nitrogen and oxygen atoms in total. The van der Waals surface area contributed by atoms with Gasteiger partial charge in [0.25, 0.3) is 0 Å². The van der Waals surface area contributed by atoms with Crippen LogP contribution in [0.1, 0.15) is 0 Å². The van der Waals surface area contributed by atoms with Crippen LogP contribution in [-0.2, 0) is 0 Å². The minimum Gasteiger partial charge on any atom is -0.504 e. The van der Waals surface area contributed by atoms with Gasteiger partial charge < -0.3 is 10.2 Å². The predicted octanol–water partition coefficient (Wildman–Crippen LogP) is 2.51. The quantitative estimate of drug-likeness (QED) is 0.664. The summed E-state index contributed by atoms with van der Waals surface area (Å²) in [7, 11) is 0. The molecule has 0 spiro atoms. The van der Waals surface area contributed by atoms with Gasteiger partial charge in [-0.15, -0.1) is 0 Å². The van der Waals surface area contributed by atoms with E-state index in [4.69, 9.17) is 21.8 Å². The molecule has 0 amide bonds. The van der Waals surface area contributed by atoms with E-state index in [2.05, 4.69) is 15.9 Å². The molecule has 2 N–H and O–H groups in total. The molecule has 0 aliphatic heterocycles. The average molecular weight is 223 g/mol. The van der Waals surface area contributed by atoms with E-state index in [-0.39, 0.29) is 11.5 Å². The molecule has 0 atom stereocenters. The van der Waals surface area contributed by atoms with Gasteiger partial charge in [-0.25, -0.2) is 0 Å². The van der Waals surface area contributed by atoms with Crippen LogP contribution in [0.3, 0.4) is 0 Å². The number of halogens is 2. The summed E-state index contributed by atoms with van der Waals surface area (Å²) in [5, 5.41) is 18.3. The average Bonchev–Trinajstić information content (AvgIpc) is 1.93. The van der Waals surface area contributed by atoms with Crippen molar-refractivity contribution in [1.82, 2.24) is 0 Å². The standard InChI is InChI=1S/C6H4BrClO2/c7-5-3(8)1-2-4(9)6(5)10/h1-2,9-10H. The van der Waals surface area contributed by atoms with E-state index in [0.717, 1.165) is 0 Å². The van der Waals surface area contributed by atoms with Gasteiger partial charge in [-0.3, -0.25) is 0 Å². The summed E-state index contributed by atoms with van der Waals surface area (Å²) < 4.78 is 0.314. The van der Waals surface area contributed by atoms with E-state index in [1.54, 1.807) is 0 Å². The van der Waals surface area contributed by atoms with E-state index in [0.29, 0.717) is 9.50 Å². The normalized spacial score (nSPS) is 9.80. The van der Waals surface area contributed by atoms with Crippen molar-refractivity contribution < 1.29 is 10.2 Å². The smallest absolute Gasteiger partial charge is 0.173 e. The first kappa shape index (κ1) is 7.69. The summed E-state index contributed by atoms with van der Waals surface area (Å²) in [6.07, 6.45) is 0. The monoisotopic (exact) mass is 222 g/mol. The fourth-order valence-electron chi connectivity index (χ4n) is 0.530. The summed E-state index contributed by atoms with van der Waals surface area (Å²) in [6, 6.07) is 2.81. The Balaban J connectivity index is 3.34. The SMILES string of the molecule is Oc1ccc(Cl)c(Br)c1O. The minimum atomic E-state index is -0.229. The first-order chi connectivity index (χ1) is 4.63. The molecule has 1 rings (SSSR count). The van der Waals surface area contributed by atoms with Gasteiger partial charge in [-0.05, 0) is 28.1 Å².